The average Bonchev–Trinajstić information content (AvgIpc) is 2.80. The summed E-state index contributed by atoms with van der Waals surface area (Å²) in [5.41, 5.74) is -0.102. The van der Waals surface area contributed by atoms with Crippen molar-refractivity contribution in [3.63, 3.8) is 0 Å². The Balaban J connectivity index is 1.87. The lowest BCUT2D eigenvalue weighted by molar-refractivity contribution is -0.131. The zero-order chi connectivity index (χ0) is 17.3. The van der Waals surface area contributed by atoms with E-state index in [1.807, 2.05) is 6.07 Å². The summed E-state index contributed by atoms with van der Waals surface area (Å²) in [5, 5.41) is 26.0. The molecule has 24 heavy (non-hydrogen) atoms. The molecule has 0 spiro atoms. The molecule has 1 saturated heterocycles. The number of rotatable bonds is 3. The first-order chi connectivity index (χ1) is 11.4. The molecule has 0 aliphatic carbocycles. The van der Waals surface area contributed by atoms with E-state index in [0.717, 1.165) is 5.01 Å². The first-order valence-electron chi connectivity index (χ1n) is 7.20. The Morgan fingerprint density at radius 1 is 1.08 bits per heavy atom. The molecular formula is C17H15N3O4. The maximum Gasteiger partial charge on any atom is 0.346 e. The van der Waals surface area contributed by atoms with Crippen molar-refractivity contribution in [3.8, 4) is 11.5 Å². The van der Waals surface area contributed by atoms with Gasteiger partial charge in [0.25, 0.3) is 5.91 Å². The van der Waals surface area contributed by atoms with E-state index in [1.165, 1.54) is 24.4 Å². The molecule has 2 aromatic rings. The number of hydrazone groups is 1. The number of amides is 3. The van der Waals surface area contributed by atoms with Crippen LogP contribution < -0.4 is 5.32 Å². The third kappa shape index (κ3) is 2.56. The van der Waals surface area contributed by atoms with Gasteiger partial charge in [0.1, 0.15) is 5.54 Å². The van der Waals surface area contributed by atoms with Crippen LogP contribution in [0.3, 0.4) is 0 Å². The number of phenols is 2. The minimum absolute atomic E-state index is 0.265. The summed E-state index contributed by atoms with van der Waals surface area (Å²) in [7, 11) is 0. The highest BCUT2D eigenvalue weighted by Crippen LogP contribution is 2.29. The second-order valence-corrected chi connectivity index (χ2v) is 5.53. The topological polar surface area (TPSA) is 102 Å². The van der Waals surface area contributed by atoms with E-state index >= 15 is 0 Å². The number of aromatic hydroxyl groups is 2. The summed E-state index contributed by atoms with van der Waals surface area (Å²) < 4.78 is 0. The third-order valence-corrected chi connectivity index (χ3v) is 3.84. The van der Waals surface area contributed by atoms with Crippen molar-refractivity contribution < 1.29 is 19.8 Å². The maximum absolute atomic E-state index is 12.6. The van der Waals surface area contributed by atoms with Crippen molar-refractivity contribution in [1.82, 2.24) is 10.3 Å². The van der Waals surface area contributed by atoms with Crippen LogP contribution in [0.2, 0.25) is 0 Å². The number of carbonyl (C=O) groups excluding carboxylic acids is 2. The minimum Gasteiger partial charge on any atom is -0.504 e. The highest BCUT2D eigenvalue weighted by molar-refractivity contribution is 6.07. The number of nitrogens with zero attached hydrogens (tertiary/aromatic N) is 2. The molecule has 1 aliphatic rings. The van der Waals surface area contributed by atoms with Gasteiger partial charge in [0, 0.05) is 0 Å². The van der Waals surface area contributed by atoms with Gasteiger partial charge in [0.2, 0.25) is 0 Å². The molecule has 0 radical (unpaired) electrons. The van der Waals surface area contributed by atoms with Crippen LogP contribution in [0.5, 0.6) is 11.5 Å². The fourth-order valence-electron chi connectivity index (χ4n) is 2.44. The summed E-state index contributed by atoms with van der Waals surface area (Å²) in [6.45, 7) is 1.62. The van der Waals surface area contributed by atoms with E-state index in [9.17, 15) is 19.8 Å². The standard InChI is InChI=1S/C17H15N3O4/c1-17(12-5-3-2-4-6-12)15(23)20(16(24)19-17)18-10-11-7-8-13(21)14(22)9-11/h2-10,21-22H,1H3,(H,19,24)/b18-10+/t17-/m0/s1. The van der Waals surface area contributed by atoms with Crippen molar-refractivity contribution in [3.05, 3.63) is 59.7 Å². The number of nitrogens with one attached hydrogen (secondary N) is 1. The summed E-state index contributed by atoms with van der Waals surface area (Å²) in [4.78, 5) is 24.7. The van der Waals surface area contributed by atoms with Gasteiger partial charge in [-0.2, -0.15) is 5.10 Å². The van der Waals surface area contributed by atoms with Crippen molar-refractivity contribution in [2.45, 2.75) is 12.5 Å². The highest BCUT2D eigenvalue weighted by atomic mass is 16.3. The van der Waals surface area contributed by atoms with Crippen LogP contribution in [-0.4, -0.2) is 33.4 Å². The van der Waals surface area contributed by atoms with E-state index in [4.69, 9.17) is 0 Å². The molecule has 1 fully saturated rings. The summed E-state index contributed by atoms with van der Waals surface area (Å²) in [6, 6.07) is 12.3. The Morgan fingerprint density at radius 3 is 2.46 bits per heavy atom. The van der Waals surface area contributed by atoms with E-state index < -0.39 is 17.5 Å². The summed E-state index contributed by atoms with van der Waals surface area (Å²) in [5.74, 6) is -1.08. The number of carbonyl (C=O) groups is 2. The second kappa shape index (κ2) is 5.69. The normalized spacial score (nSPS) is 20.6. The van der Waals surface area contributed by atoms with Gasteiger partial charge in [0.15, 0.2) is 11.5 Å². The number of hydrogen-bond donors (Lipinski definition) is 3. The molecule has 3 rings (SSSR count). The van der Waals surface area contributed by atoms with Crippen molar-refractivity contribution in [2.24, 2.45) is 5.10 Å². The molecule has 0 bridgehead atoms. The molecule has 0 aromatic heterocycles. The largest absolute Gasteiger partial charge is 0.504 e. The summed E-state index contributed by atoms with van der Waals surface area (Å²) in [6.07, 6.45) is 1.26. The molecule has 7 heteroatoms. The highest BCUT2D eigenvalue weighted by Gasteiger charge is 2.49. The zero-order valence-corrected chi connectivity index (χ0v) is 12.8. The molecule has 122 valence electrons. The number of imide groups is 1. The lowest BCUT2D eigenvalue weighted by atomic mass is 9.92. The Labute approximate surface area is 137 Å². The smallest absolute Gasteiger partial charge is 0.346 e. The Kier molecular flexibility index (Phi) is 3.69. The Morgan fingerprint density at radius 2 is 1.79 bits per heavy atom. The van der Waals surface area contributed by atoms with E-state index in [1.54, 1.807) is 31.2 Å². The van der Waals surface area contributed by atoms with Crippen LogP contribution in [0.4, 0.5) is 4.79 Å². The van der Waals surface area contributed by atoms with E-state index in [-0.39, 0.29) is 11.5 Å². The van der Waals surface area contributed by atoms with Crippen LogP contribution in [0.1, 0.15) is 18.1 Å². The van der Waals surface area contributed by atoms with Crippen LogP contribution in [0.15, 0.2) is 53.6 Å². The number of urea groups is 1. The van der Waals surface area contributed by atoms with Gasteiger partial charge >= 0.3 is 6.03 Å². The van der Waals surface area contributed by atoms with Crippen LogP contribution >= 0.6 is 0 Å². The molecule has 3 N–H and O–H groups in total. The van der Waals surface area contributed by atoms with Gasteiger partial charge < -0.3 is 15.5 Å². The van der Waals surface area contributed by atoms with Crippen molar-refractivity contribution in [1.29, 1.82) is 0 Å². The molecule has 0 saturated carbocycles. The van der Waals surface area contributed by atoms with Gasteiger partial charge in [-0.15, -0.1) is 5.01 Å². The molecule has 7 nitrogen and oxygen atoms in total. The number of benzene rings is 2. The molecule has 1 heterocycles. The average molecular weight is 325 g/mol. The lowest BCUT2D eigenvalue weighted by Gasteiger charge is -2.20. The maximum atomic E-state index is 12.6. The SMILES string of the molecule is C[C@@]1(c2ccccc2)NC(=O)N(/N=C/c2ccc(O)c(O)c2)C1=O. The molecule has 1 aliphatic heterocycles. The Hall–Kier alpha value is -3.35. The predicted octanol–water partition coefficient (Wildman–Crippen LogP) is 1.90. The second-order valence-electron chi connectivity index (χ2n) is 5.53. The molecule has 2 aromatic carbocycles. The monoisotopic (exact) mass is 325 g/mol. The molecule has 0 unspecified atom stereocenters. The van der Waals surface area contributed by atoms with E-state index in [0.29, 0.717) is 11.1 Å². The molecule has 3 amide bonds. The lowest BCUT2D eigenvalue weighted by Crippen LogP contribution is -2.40. The minimum atomic E-state index is -1.19. The zero-order valence-electron chi connectivity index (χ0n) is 12.8. The van der Waals surface area contributed by atoms with Crippen molar-refractivity contribution >= 4 is 18.2 Å². The fraction of sp³-hybridized carbons (Fsp3) is 0.118. The van der Waals surface area contributed by atoms with Gasteiger partial charge in [0.05, 0.1) is 6.21 Å². The number of phenolic OH excluding ortho intramolecular Hbond substituents is 2. The quantitative estimate of drug-likeness (QED) is 0.455. The van der Waals surface area contributed by atoms with Crippen LogP contribution in [0, 0.1) is 0 Å². The van der Waals surface area contributed by atoms with Crippen LogP contribution in [-0.2, 0) is 10.3 Å². The van der Waals surface area contributed by atoms with Gasteiger partial charge in [-0.05, 0) is 36.2 Å². The molecular weight excluding hydrogens is 310 g/mol. The first kappa shape index (κ1) is 15.5. The first-order valence-corrected chi connectivity index (χ1v) is 7.20. The van der Waals surface area contributed by atoms with E-state index in [2.05, 4.69) is 10.4 Å². The summed E-state index contributed by atoms with van der Waals surface area (Å²) >= 11 is 0. The third-order valence-electron chi connectivity index (χ3n) is 3.84. The van der Waals surface area contributed by atoms with Gasteiger partial charge in [-0.1, -0.05) is 30.3 Å². The van der Waals surface area contributed by atoms with Gasteiger partial charge in [-0.3, -0.25) is 4.79 Å². The molecule has 1 atom stereocenters. The van der Waals surface area contributed by atoms with Gasteiger partial charge in [-0.25, -0.2) is 4.79 Å². The Bertz CT molecular complexity index is 835. The fourth-order valence-corrected chi connectivity index (χ4v) is 2.44. The number of hydrogen-bond acceptors (Lipinski definition) is 5. The predicted molar refractivity (Wildman–Crippen MR) is 86.5 cm³/mol. The van der Waals surface area contributed by atoms with Crippen LogP contribution in [0.25, 0.3) is 0 Å². The van der Waals surface area contributed by atoms with Crippen molar-refractivity contribution in [2.75, 3.05) is 0 Å².